The Labute approximate surface area is 118 Å². The summed E-state index contributed by atoms with van der Waals surface area (Å²) in [4.78, 5) is 4.01. The molecule has 1 rings (SSSR count). The third-order valence-corrected chi connectivity index (χ3v) is 2.70. The minimum absolute atomic E-state index is 0.0877. The van der Waals surface area contributed by atoms with E-state index in [4.69, 9.17) is 4.74 Å². The summed E-state index contributed by atoms with van der Waals surface area (Å²) in [5.41, 5.74) is 0.0877. The Bertz CT molecular complexity index is 418. The highest BCUT2D eigenvalue weighted by molar-refractivity contribution is 5.79. The van der Waals surface area contributed by atoms with Crippen molar-refractivity contribution < 1.29 is 13.5 Å². The van der Waals surface area contributed by atoms with Gasteiger partial charge < -0.3 is 15.4 Å². The van der Waals surface area contributed by atoms with E-state index < -0.39 is 11.6 Å². The van der Waals surface area contributed by atoms with E-state index in [1.54, 1.807) is 7.05 Å². The first kappa shape index (κ1) is 16.4. The molecule has 2 N–H and O–H groups in total. The number of aliphatic imine (C=N–C) groups is 1. The monoisotopic (exact) mass is 285 g/mol. The van der Waals surface area contributed by atoms with Crippen LogP contribution in [0.4, 0.5) is 8.78 Å². The quantitative estimate of drug-likeness (QED) is 0.455. The lowest BCUT2D eigenvalue weighted by Crippen LogP contribution is -2.39. The lowest BCUT2D eigenvalue weighted by atomic mass is 10.1. The van der Waals surface area contributed by atoms with Crippen LogP contribution in [0, 0.1) is 11.6 Å². The fourth-order valence-corrected chi connectivity index (χ4v) is 1.68. The molecule has 20 heavy (non-hydrogen) atoms. The van der Waals surface area contributed by atoms with Crippen LogP contribution in [0.5, 0.6) is 0 Å². The second-order valence-corrected chi connectivity index (χ2v) is 4.07. The highest BCUT2D eigenvalue weighted by atomic mass is 19.1. The van der Waals surface area contributed by atoms with Gasteiger partial charge in [-0.1, -0.05) is 6.07 Å². The number of benzene rings is 1. The van der Waals surface area contributed by atoms with Crippen molar-refractivity contribution in [1.82, 2.24) is 10.6 Å². The van der Waals surface area contributed by atoms with Gasteiger partial charge in [0.2, 0.25) is 0 Å². The summed E-state index contributed by atoms with van der Waals surface area (Å²) in [6.45, 7) is 4.20. The van der Waals surface area contributed by atoms with Gasteiger partial charge >= 0.3 is 0 Å². The average molecular weight is 285 g/mol. The molecule has 0 bridgehead atoms. The number of guanidine groups is 1. The Hall–Kier alpha value is -1.69. The minimum atomic E-state index is -0.522. The molecule has 0 atom stereocenters. The van der Waals surface area contributed by atoms with Crippen LogP contribution in [-0.4, -0.2) is 39.3 Å². The molecule has 1 aromatic rings. The molecule has 0 unspecified atom stereocenters. The molecule has 0 aliphatic rings. The summed E-state index contributed by atoms with van der Waals surface area (Å²) in [6.07, 6.45) is 0.255. The van der Waals surface area contributed by atoms with E-state index in [9.17, 15) is 8.78 Å². The predicted molar refractivity (Wildman–Crippen MR) is 75.9 cm³/mol. The molecule has 0 heterocycles. The molecule has 0 saturated heterocycles. The molecule has 0 amide bonds. The maximum Gasteiger partial charge on any atom is 0.191 e. The Balaban J connectivity index is 2.35. The molecule has 0 spiro atoms. The van der Waals surface area contributed by atoms with E-state index in [2.05, 4.69) is 15.6 Å². The number of hydrogen-bond donors (Lipinski definition) is 2. The zero-order valence-electron chi connectivity index (χ0n) is 11.9. The van der Waals surface area contributed by atoms with Crippen molar-refractivity contribution in [3.05, 3.63) is 35.4 Å². The van der Waals surface area contributed by atoms with Crippen LogP contribution in [0.15, 0.2) is 23.2 Å². The molecular formula is C14H21F2N3O. The van der Waals surface area contributed by atoms with Gasteiger partial charge in [-0.15, -0.1) is 0 Å². The number of halogens is 2. The SMILES string of the molecule is CCOCCNC(=NC)NCCc1c(F)cccc1F. The minimum Gasteiger partial charge on any atom is -0.380 e. The first-order valence-corrected chi connectivity index (χ1v) is 6.64. The van der Waals surface area contributed by atoms with Crippen LogP contribution < -0.4 is 10.6 Å². The predicted octanol–water partition coefficient (Wildman–Crippen LogP) is 1.71. The van der Waals surface area contributed by atoms with Crippen molar-refractivity contribution in [3.8, 4) is 0 Å². The zero-order chi connectivity index (χ0) is 14.8. The molecule has 0 saturated carbocycles. The lowest BCUT2D eigenvalue weighted by molar-refractivity contribution is 0.152. The molecule has 0 fully saturated rings. The summed E-state index contributed by atoms with van der Waals surface area (Å²) in [5.74, 6) is -0.460. The zero-order valence-corrected chi connectivity index (χ0v) is 11.9. The van der Waals surface area contributed by atoms with Gasteiger partial charge in [-0.2, -0.15) is 0 Å². The van der Waals surface area contributed by atoms with E-state index >= 15 is 0 Å². The number of nitrogens with zero attached hydrogens (tertiary/aromatic N) is 1. The number of rotatable bonds is 7. The summed E-state index contributed by atoms with van der Waals surface area (Å²) in [6, 6.07) is 3.87. The van der Waals surface area contributed by atoms with Crippen molar-refractivity contribution in [1.29, 1.82) is 0 Å². The third-order valence-electron chi connectivity index (χ3n) is 2.70. The highest BCUT2D eigenvalue weighted by Gasteiger charge is 2.07. The Morgan fingerprint density at radius 1 is 1.20 bits per heavy atom. The summed E-state index contributed by atoms with van der Waals surface area (Å²) in [5, 5.41) is 6.05. The largest absolute Gasteiger partial charge is 0.380 e. The molecule has 112 valence electrons. The number of hydrogen-bond acceptors (Lipinski definition) is 2. The van der Waals surface area contributed by atoms with Crippen molar-refractivity contribution in [2.45, 2.75) is 13.3 Å². The Morgan fingerprint density at radius 3 is 2.45 bits per heavy atom. The van der Waals surface area contributed by atoms with Crippen LogP contribution in [-0.2, 0) is 11.2 Å². The van der Waals surface area contributed by atoms with E-state index in [1.165, 1.54) is 18.2 Å². The molecule has 0 radical (unpaired) electrons. The number of nitrogens with one attached hydrogen (secondary N) is 2. The average Bonchev–Trinajstić information content (AvgIpc) is 2.44. The lowest BCUT2D eigenvalue weighted by Gasteiger charge is -2.12. The topological polar surface area (TPSA) is 45.6 Å². The summed E-state index contributed by atoms with van der Waals surface area (Å²) < 4.78 is 32.0. The number of ether oxygens (including phenoxy) is 1. The van der Waals surface area contributed by atoms with E-state index in [-0.39, 0.29) is 12.0 Å². The van der Waals surface area contributed by atoms with Gasteiger partial charge in [0.05, 0.1) is 6.61 Å². The van der Waals surface area contributed by atoms with Gasteiger partial charge in [0.1, 0.15) is 11.6 Å². The first-order valence-electron chi connectivity index (χ1n) is 6.64. The Kier molecular flexibility index (Phi) is 7.57. The van der Waals surface area contributed by atoms with E-state index in [0.717, 1.165) is 0 Å². The van der Waals surface area contributed by atoms with Gasteiger partial charge in [-0.05, 0) is 25.5 Å². The molecule has 0 aromatic heterocycles. The second kappa shape index (κ2) is 9.25. The Morgan fingerprint density at radius 2 is 1.85 bits per heavy atom. The molecule has 1 aromatic carbocycles. The fourth-order valence-electron chi connectivity index (χ4n) is 1.68. The molecule has 6 heteroatoms. The fraction of sp³-hybridized carbons (Fsp3) is 0.500. The van der Waals surface area contributed by atoms with E-state index in [0.29, 0.717) is 32.3 Å². The van der Waals surface area contributed by atoms with Gasteiger partial charge in [-0.3, -0.25) is 4.99 Å². The van der Waals surface area contributed by atoms with Crippen LogP contribution in [0.1, 0.15) is 12.5 Å². The van der Waals surface area contributed by atoms with Gasteiger partial charge in [0.25, 0.3) is 0 Å². The van der Waals surface area contributed by atoms with Gasteiger partial charge in [0, 0.05) is 32.3 Å². The van der Waals surface area contributed by atoms with Crippen LogP contribution in [0.2, 0.25) is 0 Å². The van der Waals surface area contributed by atoms with Crippen molar-refractivity contribution in [3.63, 3.8) is 0 Å². The normalized spacial score (nSPS) is 11.5. The van der Waals surface area contributed by atoms with Crippen LogP contribution >= 0.6 is 0 Å². The third kappa shape index (κ3) is 5.52. The van der Waals surface area contributed by atoms with Gasteiger partial charge in [-0.25, -0.2) is 8.78 Å². The van der Waals surface area contributed by atoms with Crippen molar-refractivity contribution >= 4 is 5.96 Å². The standard InChI is InChI=1S/C14H21F2N3O/c1-3-20-10-9-19-14(17-2)18-8-7-11-12(15)5-4-6-13(11)16/h4-6H,3,7-10H2,1-2H3,(H2,17,18,19). The van der Waals surface area contributed by atoms with Crippen molar-refractivity contribution in [2.24, 2.45) is 4.99 Å². The maximum absolute atomic E-state index is 13.4. The summed E-state index contributed by atoms with van der Waals surface area (Å²) >= 11 is 0. The molecule has 0 aliphatic heterocycles. The maximum atomic E-state index is 13.4. The first-order chi connectivity index (χ1) is 9.69. The second-order valence-electron chi connectivity index (χ2n) is 4.07. The highest BCUT2D eigenvalue weighted by Crippen LogP contribution is 2.11. The van der Waals surface area contributed by atoms with Crippen molar-refractivity contribution in [2.75, 3.05) is 33.4 Å². The molecule has 0 aliphatic carbocycles. The van der Waals surface area contributed by atoms with E-state index in [1.807, 2.05) is 6.92 Å². The molecular weight excluding hydrogens is 264 g/mol. The summed E-state index contributed by atoms with van der Waals surface area (Å²) in [7, 11) is 1.64. The smallest absolute Gasteiger partial charge is 0.191 e. The van der Waals surface area contributed by atoms with Gasteiger partial charge in [0.15, 0.2) is 5.96 Å². The van der Waals surface area contributed by atoms with Crippen LogP contribution in [0.25, 0.3) is 0 Å². The van der Waals surface area contributed by atoms with Crippen LogP contribution in [0.3, 0.4) is 0 Å². The molecule has 4 nitrogen and oxygen atoms in total.